The van der Waals surface area contributed by atoms with Crippen LogP contribution in [0.25, 0.3) is 10.9 Å². The molecule has 0 aliphatic rings. The second-order valence-corrected chi connectivity index (χ2v) is 5.51. The van der Waals surface area contributed by atoms with Gasteiger partial charge in [0.2, 0.25) is 0 Å². The summed E-state index contributed by atoms with van der Waals surface area (Å²) in [5, 5.41) is 4.14. The van der Waals surface area contributed by atoms with Gasteiger partial charge in [0.15, 0.2) is 0 Å². The second-order valence-electron chi connectivity index (χ2n) is 5.51. The molecule has 0 spiro atoms. The number of aromatic amines is 1. The number of nitrogens with one attached hydrogen (secondary N) is 2. The highest BCUT2D eigenvalue weighted by Crippen LogP contribution is 2.18. The first-order valence-electron chi connectivity index (χ1n) is 6.56. The Hall–Kier alpha value is -1.81. The number of amides is 1. The molecular weight excluding hydrogens is 238 g/mol. The highest BCUT2D eigenvalue weighted by molar-refractivity contribution is 5.98. The molecule has 0 saturated carbocycles. The van der Waals surface area contributed by atoms with Crippen molar-refractivity contribution in [2.75, 3.05) is 6.54 Å². The molecule has 1 aromatic carbocycles. The maximum Gasteiger partial charge on any atom is 0.251 e. The van der Waals surface area contributed by atoms with E-state index in [0.29, 0.717) is 12.1 Å². The van der Waals surface area contributed by atoms with Crippen molar-refractivity contribution in [2.45, 2.75) is 26.3 Å². The Balaban J connectivity index is 2.23. The van der Waals surface area contributed by atoms with Gasteiger partial charge in [-0.25, -0.2) is 0 Å². The maximum atomic E-state index is 12.3. The average Bonchev–Trinajstić information content (AvgIpc) is 2.85. The van der Waals surface area contributed by atoms with Gasteiger partial charge in [-0.3, -0.25) is 4.79 Å². The van der Waals surface area contributed by atoms with Crippen LogP contribution in [0.4, 0.5) is 0 Å². The van der Waals surface area contributed by atoms with Crippen LogP contribution in [0.2, 0.25) is 0 Å². The quantitative estimate of drug-likeness (QED) is 0.788. The van der Waals surface area contributed by atoms with E-state index in [1.54, 1.807) is 0 Å². The Bertz CT molecular complexity index is 588. The molecule has 2 rings (SSSR count). The summed E-state index contributed by atoms with van der Waals surface area (Å²) < 4.78 is 0. The highest BCUT2D eigenvalue weighted by Gasteiger charge is 2.28. The van der Waals surface area contributed by atoms with E-state index in [1.807, 2.05) is 37.4 Å². The fourth-order valence-corrected chi connectivity index (χ4v) is 1.95. The standard InChI is InChI=1S/C15H21N3O/c1-10(2)15(3,9-16)18-14(19)12-5-4-11-6-7-17-13(11)8-12/h4-8,10,17H,9,16H2,1-3H3,(H,18,19). The summed E-state index contributed by atoms with van der Waals surface area (Å²) in [5.41, 5.74) is 7.01. The Morgan fingerprint density at radius 2 is 2.16 bits per heavy atom. The summed E-state index contributed by atoms with van der Waals surface area (Å²) in [7, 11) is 0. The lowest BCUT2D eigenvalue weighted by Gasteiger charge is -2.33. The smallest absolute Gasteiger partial charge is 0.251 e. The van der Waals surface area contributed by atoms with Gasteiger partial charge in [-0.15, -0.1) is 0 Å². The van der Waals surface area contributed by atoms with Crippen LogP contribution in [-0.4, -0.2) is 23.0 Å². The van der Waals surface area contributed by atoms with Gasteiger partial charge in [-0.05, 0) is 36.4 Å². The summed E-state index contributed by atoms with van der Waals surface area (Å²) in [5.74, 6) is 0.189. The molecule has 0 aliphatic heterocycles. The zero-order valence-corrected chi connectivity index (χ0v) is 11.7. The van der Waals surface area contributed by atoms with E-state index in [2.05, 4.69) is 24.1 Å². The van der Waals surface area contributed by atoms with Crippen LogP contribution < -0.4 is 11.1 Å². The van der Waals surface area contributed by atoms with Crippen molar-refractivity contribution in [1.29, 1.82) is 0 Å². The Morgan fingerprint density at radius 3 is 2.79 bits per heavy atom. The number of nitrogens with two attached hydrogens (primary N) is 1. The van der Waals surface area contributed by atoms with E-state index in [9.17, 15) is 4.79 Å². The number of carbonyl (C=O) groups excluding carboxylic acids is 1. The number of aromatic nitrogens is 1. The van der Waals surface area contributed by atoms with E-state index in [4.69, 9.17) is 5.73 Å². The maximum absolute atomic E-state index is 12.3. The van der Waals surface area contributed by atoms with Crippen LogP contribution in [0.5, 0.6) is 0 Å². The Labute approximate surface area is 113 Å². The third-order valence-electron chi connectivity index (χ3n) is 3.91. The average molecular weight is 259 g/mol. The number of hydrogen-bond acceptors (Lipinski definition) is 2. The largest absolute Gasteiger partial charge is 0.361 e. The minimum absolute atomic E-state index is 0.0850. The summed E-state index contributed by atoms with van der Waals surface area (Å²) in [6, 6.07) is 7.62. The highest BCUT2D eigenvalue weighted by atomic mass is 16.1. The van der Waals surface area contributed by atoms with Gasteiger partial charge in [-0.1, -0.05) is 19.9 Å². The molecule has 19 heavy (non-hydrogen) atoms. The fourth-order valence-electron chi connectivity index (χ4n) is 1.95. The molecular formula is C15H21N3O. The fraction of sp³-hybridized carbons (Fsp3) is 0.400. The first kappa shape index (κ1) is 13.6. The van der Waals surface area contributed by atoms with Crippen molar-refractivity contribution in [3.8, 4) is 0 Å². The second kappa shape index (κ2) is 5.05. The normalized spacial score (nSPS) is 14.6. The molecule has 1 aromatic heterocycles. The summed E-state index contributed by atoms with van der Waals surface area (Å²) in [6.07, 6.45) is 1.87. The molecule has 1 amide bonds. The van der Waals surface area contributed by atoms with Crippen molar-refractivity contribution in [2.24, 2.45) is 11.7 Å². The van der Waals surface area contributed by atoms with Gasteiger partial charge in [-0.2, -0.15) is 0 Å². The molecule has 1 heterocycles. The third kappa shape index (κ3) is 2.63. The van der Waals surface area contributed by atoms with Crippen molar-refractivity contribution in [1.82, 2.24) is 10.3 Å². The summed E-state index contributed by atoms with van der Waals surface area (Å²) in [4.78, 5) is 15.4. The van der Waals surface area contributed by atoms with E-state index in [0.717, 1.165) is 10.9 Å². The lowest BCUT2D eigenvalue weighted by atomic mass is 9.88. The molecule has 0 fully saturated rings. The number of carbonyl (C=O) groups is 1. The molecule has 1 unspecified atom stereocenters. The lowest BCUT2D eigenvalue weighted by molar-refractivity contribution is 0.0883. The summed E-state index contributed by atoms with van der Waals surface area (Å²) >= 11 is 0. The molecule has 0 saturated heterocycles. The molecule has 0 aliphatic carbocycles. The van der Waals surface area contributed by atoms with Gasteiger partial charge in [0, 0.05) is 23.8 Å². The molecule has 0 bridgehead atoms. The van der Waals surface area contributed by atoms with Crippen molar-refractivity contribution < 1.29 is 4.79 Å². The molecule has 2 aromatic rings. The molecule has 4 heteroatoms. The third-order valence-corrected chi connectivity index (χ3v) is 3.91. The lowest BCUT2D eigenvalue weighted by Crippen LogP contribution is -2.55. The zero-order chi connectivity index (χ0) is 14.0. The number of rotatable bonds is 4. The minimum atomic E-state index is -0.387. The zero-order valence-electron chi connectivity index (χ0n) is 11.7. The van der Waals surface area contributed by atoms with E-state index in [-0.39, 0.29) is 17.4 Å². The van der Waals surface area contributed by atoms with Gasteiger partial charge < -0.3 is 16.0 Å². The predicted octanol–water partition coefficient (Wildman–Crippen LogP) is 2.27. The number of fused-ring (bicyclic) bond motifs is 1. The van der Waals surface area contributed by atoms with Gasteiger partial charge in [0.25, 0.3) is 5.91 Å². The molecule has 0 radical (unpaired) electrons. The van der Waals surface area contributed by atoms with Gasteiger partial charge in [0.1, 0.15) is 0 Å². The molecule has 1 atom stereocenters. The monoisotopic (exact) mass is 259 g/mol. The van der Waals surface area contributed by atoms with Crippen molar-refractivity contribution in [3.05, 3.63) is 36.0 Å². The first-order chi connectivity index (χ1) is 8.96. The van der Waals surface area contributed by atoms with Crippen LogP contribution >= 0.6 is 0 Å². The van der Waals surface area contributed by atoms with E-state index < -0.39 is 0 Å². The van der Waals surface area contributed by atoms with E-state index >= 15 is 0 Å². The van der Waals surface area contributed by atoms with Crippen LogP contribution in [0, 0.1) is 5.92 Å². The van der Waals surface area contributed by atoms with E-state index in [1.165, 1.54) is 0 Å². The van der Waals surface area contributed by atoms with Gasteiger partial charge >= 0.3 is 0 Å². The topological polar surface area (TPSA) is 70.9 Å². The number of benzene rings is 1. The molecule has 4 nitrogen and oxygen atoms in total. The van der Waals surface area contributed by atoms with Crippen LogP contribution in [0.1, 0.15) is 31.1 Å². The number of H-pyrrole nitrogens is 1. The molecule has 102 valence electrons. The van der Waals surface area contributed by atoms with Crippen molar-refractivity contribution >= 4 is 16.8 Å². The SMILES string of the molecule is CC(C)C(C)(CN)NC(=O)c1ccc2cc[nH]c2c1. The Morgan fingerprint density at radius 1 is 1.42 bits per heavy atom. The number of hydrogen-bond donors (Lipinski definition) is 3. The first-order valence-corrected chi connectivity index (χ1v) is 6.56. The predicted molar refractivity (Wildman–Crippen MR) is 78.1 cm³/mol. The van der Waals surface area contributed by atoms with Crippen LogP contribution in [0.15, 0.2) is 30.5 Å². The van der Waals surface area contributed by atoms with Gasteiger partial charge in [0.05, 0.1) is 5.54 Å². The molecule has 4 N–H and O–H groups in total. The van der Waals surface area contributed by atoms with Crippen molar-refractivity contribution in [3.63, 3.8) is 0 Å². The Kier molecular flexibility index (Phi) is 3.62. The minimum Gasteiger partial charge on any atom is -0.361 e. The summed E-state index contributed by atoms with van der Waals surface area (Å²) in [6.45, 7) is 6.51. The van der Waals surface area contributed by atoms with Crippen LogP contribution in [0.3, 0.4) is 0 Å². The van der Waals surface area contributed by atoms with Crippen LogP contribution in [-0.2, 0) is 0 Å².